The van der Waals surface area contributed by atoms with E-state index in [0.717, 1.165) is 71.6 Å². The molecule has 3 amide bonds. The number of ether oxygens (including phenoxy) is 1. The number of amides is 3. The van der Waals surface area contributed by atoms with Gasteiger partial charge in [-0.1, -0.05) is 51.1 Å². The highest BCUT2D eigenvalue weighted by Crippen LogP contribution is 2.36. The molecule has 4 aromatic rings. The van der Waals surface area contributed by atoms with E-state index < -0.39 is 6.03 Å². The van der Waals surface area contributed by atoms with Crippen LogP contribution in [0.5, 0.6) is 0 Å². The maximum absolute atomic E-state index is 13.6. The van der Waals surface area contributed by atoms with Gasteiger partial charge in [0.15, 0.2) is 0 Å². The number of benzene rings is 2. The van der Waals surface area contributed by atoms with E-state index in [-0.39, 0.29) is 11.3 Å². The van der Waals surface area contributed by atoms with Crippen LogP contribution in [0.3, 0.4) is 0 Å². The number of carbonyl (C=O) groups excluding carboxylic acids is 2. The van der Waals surface area contributed by atoms with Gasteiger partial charge in [0.05, 0.1) is 23.3 Å². The Labute approximate surface area is 258 Å². The first-order valence-electron chi connectivity index (χ1n) is 15.4. The molecule has 6 rings (SSSR count). The van der Waals surface area contributed by atoms with Crippen molar-refractivity contribution in [3.05, 3.63) is 83.8 Å². The van der Waals surface area contributed by atoms with Crippen molar-refractivity contribution in [2.75, 3.05) is 36.9 Å². The van der Waals surface area contributed by atoms with Gasteiger partial charge in [0.25, 0.3) is 0 Å². The second-order valence-corrected chi connectivity index (χ2v) is 12.8. The van der Waals surface area contributed by atoms with Gasteiger partial charge >= 0.3 is 6.03 Å². The first kappa shape index (κ1) is 29.6. The number of aryl methyl sites for hydroxylation is 1. The van der Waals surface area contributed by atoms with E-state index in [1.807, 2.05) is 66.4 Å². The Bertz CT molecular complexity index is 1710. The smallest absolute Gasteiger partial charge is 0.324 e. The van der Waals surface area contributed by atoms with E-state index in [1.165, 1.54) is 0 Å². The minimum atomic E-state index is -0.396. The van der Waals surface area contributed by atoms with E-state index in [4.69, 9.17) is 9.84 Å². The highest BCUT2D eigenvalue weighted by Gasteiger charge is 2.26. The van der Waals surface area contributed by atoms with Crippen molar-refractivity contribution in [3.8, 4) is 5.69 Å². The average molecular weight is 593 g/mol. The minimum absolute atomic E-state index is 0.0198. The molecule has 0 atom stereocenters. The summed E-state index contributed by atoms with van der Waals surface area (Å²) < 4.78 is 7.21. The van der Waals surface area contributed by atoms with Crippen LogP contribution in [0, 0.1) is 12.8 Å². The standard InChI is InChI=1S/C35H40N6O3/c1-23-9-11-27(21-36-23)41-31(20-30(39-41)35(2,3)4)38-34(43)37-29-12-10-25-7-5-6-8-28(25)33(29)26-13-16-40(32(42)19-26)22-24-14-17-44-18-15-24/h5-12,19-21,24H,13-18,22H2,1-4H3,(H2,37,38,43). The zero-order chi connectivity index (χ0) is 30.8. The Kier molecular flexibility index (Phi) is 8.23. The van der Waals surface area contributed by atoms with Crippen molar-refractivity contribution < 1.29 is 14.3 Å². The van der Waals surface area contributed by atoms with Crippen molar-refractivity contribution in [2.45, 2.75) is 52.4 Å². The lowest BCUT2D eigenvalue weighted by molar-refractivity contribution is -0.127. The topological polar surface area (TPSA) is 101 Å². The molecule has 2 aliphatic heterocycles. The number of nitrogens with one attached hydrogen (secondary N) is 2. The normalized spacial score (nSPS) is 16.2. The lowest BCUT2D eigenvalue weighted by Gasteiger charge is -2.32. The van der Waals surface area contributed by atoms with E-state index in [2.05, 4.69) is 36.4 Å². The number of fused-ring (bicyclic) bond motifs is 1. The molecule has 0 spiro atoms. The van der Waals surface area contributed by atoms with E-state index in [9.17, 15) is 9.59 Å². The van der Waals surface area contributed by atoms with Crippen LogP contribution in [0.2, 0.25) is 0 Å². The molecule has 1 fully saturated rings. The Morgan fingerprint density at radius 1 is 1.05 bits per heavy atom. The van der Waals surface area contributed by atoms with Crippen LogP contribution in [-0.2, 0) is 14.9 Å². The molecule has 228 valence electrons. The van der Waals surface area contributed by atoms with Gasteiger partial charge in [-0.15, -0.1) is 0 Å². The van der Waals surface area contributed by atoms with Crippen molar-refractivity contribution >= 4 is 39.8 Å². The zero-order valence-corrected chi connectivity index (χ0v) is 25.9. The lowest BCUT2D eigenvalue weighted by Crippen LogP contribution is -2.39. The van der Waals surface area contributed by atoms with Crippen molar-refractivity contribution in [1.29, 1.82) is 0 Å². The molecule has 9 heteroatoms. The second kappa shape index (κ2) is 12.2. The van der Waals surface area contributed by atoms with Gasteiger partial charge in [0.1, 0.15) is 5.82 Å². The highest BCUT2D eigenvalue weighted by atomic mass is 16.5. The van der Waals surface area contributed by atoms with Crippen LogP contribution < -0.4 is 10.6 Å². The maximum atomic E-state index is 13.6. The van der Waals surface area contributed by atoms with Crippen LogP contribution in [0.15, 0.2) is 66.9 Å². The van der Waals surface area contributed by atoms with Gasteiger partial charge in [0, 0.05) is 55.1 Å². The predicted molar refractivity (Wildman–Crippen MR) is 174 cm³/mol. The number of pyridine rings is 1. The number of nitrogens with zero attached hydrogens (tertiary/aromatic N) is 4. The molecule has 9 nitrogen and oxygen atoms in total. The number of rotatable bonds is 6. The number of urea groups is 1. The maximum Gasteiger partial charge on any atom is 0.324 e. The Hall–Kier alpha value is -4.50. The molecule has 44 heavy (non-hydrogen) atoms. The molecule has 0 aliphatic carbocycles. The fourth-order valence-corrected chi connectivity index (χ4v) is 5.91. The molecule has 1 saturated heterocycles. The first-order chi connectivity index (χ1) is 21.2. The number of aromatic nitrogens is 3. The molecule has 2 aromatic heterocycles. The van der Waals surface area contributed by atoms with E-state index >= 15 is 0 Å². The highest BCUT2D eigenvalue weighted by molar-refractivity contribution is 6.09. The molecule has 0 unspecified atom stereocenters. The quantitative estimate of drug-likeness (QED) is 0.259. The molecule has 0 radical (unpaired) electrons. The summed E-state index contributed by atoms with van der Waals surface area (Å²) in [5.41, 5.74) is 4.73. The summed E-state index contributed by atoms with van der Waals surface area (Å²) in [5, 5.41) is 13.0. The van der Waals surface area contributed by atoms with E-state index in [0.29, 0.717) is 30.4 Å². The molecule has 2 aliphatic rings. The first-order valence-corrected chi connectivity index (χ1v) is 15.4. The average Bonchev–Trinajstić information content (AvgIpc) is 3.43. The summed E-state index contributed by atoms with van der Waals surface area (Å²) in [4.78, 5) is 33.3. The third-order valence-electron chi connectivity index (χ3n) is 8.44. The second-order valence-electron chi connectivity index (χ2n) is 12.8. The summed E-state index contributed by atoms with van der Waals surface area (Å²) in [6.07, 6.45) is 6.19. The number of carbonyl (C=O) groups is 2. The van der Waals surface area contributed by atoms with Crippen molar-refractivity contribution in [1.82, 2.24) is 19.7 Å². The summed E-state index contributed by atoms with van der Waals surface area (Å²) in [6, 6.07) is 17.3. The lowest BCUT2D eigenvalue weighted by atomic mass is 9.91. The van der Waals surface area contributed by atoms with Gasteiger partial charge in [-0.25, -0.2) is 9.48 Å². The van der Waals surface area contributed by atoms with Gasteiger partial charge in [0.2, 0.25) is 5.91 Å². The predicted octanol–water partition coefficient (Wildman–Crippen LogP) is 6.71. The Morgan fingerprint density at radius 3 is 2.57 bits per heavy atom. The number of anilines is 2. The molecule has 4 heterocycles. The largest absolute Gasteiger partial charge is 0.381 e. The molecule has 0 saturated carbocycles. The number of hydrogen-bond acceptors (Lipinski definition) is 5. The number of hydrogen-bond donors (Lipinski definition) is 2. The van der Waals surface area contributed by atoms with Gasteiger partial charge in [-0.3, -0.25) is 15.1 Å². The fraction of sp³-hybridized carbons (Fsp3) is 0.371. The molecular formula is C35H40N6O3. The zero-order valence-electron chi connectivity index (χ0n) is 25.9. The van der Waals surface area contributed by atoms with Gasteiger partial charge in [-0.2, -0.15) is 5.10 Å². The SMILES string of the molecule is Cc1ccc(-n2nc(C(C)(C)C)cc2NC(=O)Nc2ccc3ccccc3c2C2=CC(=O)N(CC3CCOCC3)CC2)cn1. The van der Waals surface area contributed by atoms with E-state index in [1.54, 1.807) is 17.0 Å². The van der Waals surface area contributed by atoms with Crippen LogP contribution in [-0.4, -0.2) is 57.9 Å². The Morgan fingerprint density at radius 2 is 1.84 bits per heavy atom. The van der Waals surface area contributed by atoms with Crippen molar-refractivity contribution in [2.24, 2.45) is 5.92 Å². The summed E-state index contributed by atoms with van der Waals surface area (Å²) in [5.74, 6) is 1.03. The van der Waals surface area contributed by atoms with Crippen LogP contribution in [0.1, 0.15) is 57.0 Å². The van der Waals surface area contributed by atoms with Gasteiger partial charge in [-0.05, 0) is 66.6 Å². The summed E-state index contributed by atoms with van der Waals surface area (Å²) in [6.45, 7) is 11.1. The van der Waals surface area contributed by atoms with Crippen LogP contribution in [0.25, 0.3) is 22.0 Å². The fourth-order valence-electron chi connectivity index (χ4n) is 5.91. The summed E-state index contributed by atoms with van der Waals surface area (Å²) >= 11 is 0. The Balaban J connectivity index is 1.29. The molecule has 2 aromatic carbocycles. The minimum Gasteiger partial charge on any atom is -0.381 e. The van der Waals surface area contributed by atoms with Crippen LogP contribution >= 0.6 is 0 Å². The molecular weight excluding hydrogens is 552 g/mol. The summed E-state index contributed by atoms with van der Waals surface area (Å²) in [7, 11) is 0. The van der Waals surface area contributed by atoms with Crippen molar-refractivity contribution in [3.63, 3.8) is 0 Å². The monoisotopic (exact) mass is 592 g/mol. The third kappa shape index (κ3) is 6.38. The molecule has 2 N–H and O–H groups in total. The van der Waals surface area contributed by atoms with Gasteiger partial charge < -0.3 is 15.0 Å². The third-order valence-corrected chi connectivity index (χ3v) is 8.44. The van der Waals surface area contributed by atoms with Crippen LogP contribution in [0.4, 0.5) is 16.3 Å². The molecule has 0 bridgehead atoms.